The lowest BCUT2D eigenvalue weighted by molar-refractivity contribution is -0.139. The van der Waals surface area contributed by atoms with Crippen molar-refractivity contribution in [2.45, 2.75) is 19.4 Å². The van der Waals surface area contributed by atoms with Crippen LogP contribution in [-0.4, -0.2) is 22.6 Å². The van der Waals surface area contributed by atoms with Crippen LogP contribution in [0.25, 0.3) is 0 Å². The quantitative estimate of drug-likeness (QED) is 0.686. The van der Waals surface area contributed by atoms with Crippen molar-refractivity contribution < 1.29 is 9.90 Å². The Labute approximate surface area is 82.0 Å². The molecule has 14 heavy (non-hydrogen) atoms. The van der Waals surface area contributed by atoms with Gasteiger partial charge in [0.1, 0.15) is 6.04 Å². The van der Waals surface area contributed by atoms with Gasteiger partial charge in [0.25, 0.3) is 0 Å². The number of nitrogens with one attached hydrogen (secondary N) is 1. The molecule has 2 heterocycles. The highest BCUT2D eigenvalue weighted by atomic mass is 16.4. The summed E-state index contributed by atoms with van der Waals surface area (Å²) in [6.07, 6.45) is 2.59. The summed E-state index contributed by atoms with van der Waals surface area (Å²) in [6, 6.07) is 1.30. The third-order valence-corrected chi connectivity index (χ3v) is 2.41. The van der Waals surface area contributed by atoms with Gasteiger partial charge in [-0.3, -0.25) is 9.78 Å². The number of nitrogens with zero attached hydrogens (tertiary/aromatic N) is 1. The van der Waals surface area contributed by atoms with E-state index < -0.39 is 12.0 Å². The van der Waals surface area contributed by atoms with E-state index in [0.717, 1.165) is 23.2 Å². The van der Waals surface area contributed by atoms with Crippen LogP contribution in [0, 0.1) is 6.92 Å². The van der Waals surface area contributed by atoms with Crippen LogP contribution in [0.2, 0.25) is 0 Å². The Morgan fingerprint density at radius 2 is 2.50 bits per heavy atom. The number of aromatic nitrogens is 1. The number of carbonyl (C=O) groups is 1. The van der Waals surface area contributed by atoms with Crippen LogP contribution in [0.4, 0.5) is 0 Å². The predicted octanol–water partition coefficient (Wildman–Crippen LogP) is 0.661. The first-order chi connectivity index (χ1) is 6.68. The van der Waals surface area contributed by atoms with E-state index in [-0.39, 0.29) is 0 Å². The third-order valence-electron chi connectivity index (χ3n) is 2.41. The Morgan fingerprint density at radius 1 is 1.71 bits per heavy atom. The topological polar surface area (TPSA) is 62.2 Å². The highest BCUT2D eigenvalue weighted by Crippen LogP contribution is 2.22. The van der Waals surface area contributed by atoms with Crippen LogP contribution in [0.15, 0.2) is 12.3 Å². The molecule has 2 rings (SSSR count). The van der Waals surface area contributed by atoms with Gasteiger partial charge in [0.15, 0.2) is 0 Å². The lowest BCUT2D eigenvalue weighted by Gasteiger charge is -2.23. The fraction of sp³-hybridized carbons (Fsp3) is 0.400. The van der Waals surface area contributed by atoms with Crippen molar-refractivity contribution in [2.24, 2.45) is 0 Å². The maximum absolute atomic E-state index is 10.9. The number of pyridine rings is 1. The molecular weight excluding hydrogens is 180 g/mol. The Kier molecular flexibility index (Phi) is 2.21. The summed E-state index contributed by atoms with van der Waals surface area (Å²) in [5, 5.41) is 11.9. The van der Waals surface area contributed by atoms with Crippen LogP contribution in [0.3, 0.4) is 0 Å². The summed E-state index contributed by atoms with van der Waals surface area (Å²) in [7, 11) is 0. The van der Waals surface area contributed by atoms with E-state index in [1.165, 1.54) is 0 Å². The van der Waals surface area contributed by atoms with Gasteiger partial charge < -0.3 is 10.4 Å². The second-order valence-corrected chi connectivity index (χ2v) is 3.52. The molecule has 1 aromatic rings. The first-order valence-electron chi connectivity index (χ1n) is 4.60. The lowest BCUT2D eigenvalue weighted by Crippen LogP contribution is -2.35. The summed E-state index contributed by atoms with van der Waals surface area (Å²) in [6.45, 7) is 2.60. The highest BCUT2D eigenvalue weighted by Gasteiger charge is 2.26. The molecule has 0 saturated heterocycles. The van der Waals surface area contributed by atoms with Crippen molar-refractivity contribution in [3.8, 4) is 0 Å². The molecule has 4 heteroatoms. The average molecular weight is 192 g/mol. The molecule has 1 unspecified atom stereocenters. The van der Waals surface area contributed by atoms with Crippen molar-refractivity contribution in [1.82, 2.24) is 10.3 Å². The van der Waals surface area contributed by atoms with Crippen LogP contribution < -0.4 is 5.32 Å². The summed E-state index contributed by atoms with van der Waals surface area (Å²) < 4.78 is 0. The molecule has 0 fully saturated rings. The summed E-state index contributed by atoms with van der Waals surface area (Å²) >= 11 is 0. The Bertz CT molecular complexity index is 376. The van der Waals surface area contributed by atoms with Gasteiger partial charge in [0.05, 0.1) is 0 Å². The zero-order valence-electron chi connectivity index (χ0n) is 7.95. The first kappa shape index (κ1) is 9.15. The first-order valence-corrected chi connectivity index (χ1v) is 4.60. The molecule has 0 radical (unpaired) electrons. The Hall–Kier alpha value is -1.42. The lowest BCUT2D eigenvalue weighted by atomic mass is 9.98. The molecule has 1 aromatic heterocycles. The van der Waals surface area contributed by atoms with Crippen LogP contribution in [0.1, 0.15) is 22.9 Å². The molecule has 74 valence electrons. The van der Waals surface area contributed by atoms with Gasteiger partial charge in [-0.25, -0.2) is 0 Å². The van der Waals surface area contributed by atoms with Crippen molar-refractivity contribution >= 4 is 5.97 Å². The van der Waals surface area contributed by atoms with E-state index in [2.05, 4.69) is 10.3 Å². The molecule has 0 spiro atoms. The SMILES string of the molecule is Cc1cnc2c(c1)C(C(=O)O)NCC2. The molecule has 0 amide bonds. The summed E-state index contributed by atoms with van der Waals surface area (Å²) in [4.78, 5) is 15.2. The number of aryl methyl sites for hydroxylation is 1. The van der Waals surface area contributed by atoms with Gasteiger partial charge in [-0.15, -0.1) is 0 Å². The monoisotopic (exact) mass is 192 g/mol. The number of hydrogen-bond donors (Lipinski definition) is 2. The predicted molar refractivity (Wildman–Crippen MR) is 51.1 cm³/mol. The zero-order valence-corrected chi connectivity index (χ0v) is 7.95. The van der Waals surface area contributed by atoms with E-state index in [0.29, 0.717) is 6.54 Å². The van der Waals surface area contributed by atoms with Crippen LogP contribution in [0.5, 0.6) is 0 Å². The Balaban J connectivity index is 2.46. The molecule has 0 aliphatic carbocycles. The standard InChI is InChI=1S/C10H12N2O2/c1-6-4-7-8(12-5-6)2-3-11-9(7)10(13)14/h4-5,9,11H,2-3H2,1H3,(H,13,14). The molecular formula is C10H12N2O2. The van der Waals surface area contributed by atoms with Gasteiger partial charge in [0.2, 0.25) is 0 Å². The van der Waals surface area contributed by atoms with Gasteiger partial charge in [-0.1, -0.05) is 6.07 Å². The second kappa shape index (κ2) is 3.38. The number of aliphatic carboxylic acids is 1. The normalized spacial score (nSPS) is 20.2. The molecule has 1 aliphatic heterocycles. The number of hydrogen-bond acceptors (Lipinski definition) is 3. The maximum Gasteiger partial charge on any atom is 0.325 e. The van der Waals surface area contributed by atoms with Crippen molar-refractivity contribution in [1.29, 1.82) is 0 Å². The highest BCUT2D eigenvalue weighted by molar-refractivity contribution is 5.76. The van der Waals surface area contributed by atoms with Crippen LogP contribution in [-0.2, 0) is 11.2 Å². The maximum atomic E-state index is 10.9. The van der Waals surface area contributed by atoms with Crippen LogP contribution >= 0.6 is 0 Å². The van der Waals surface area contributed by atoms with Crippen molar-refractivity contribution in [3.05, 3.63) is 29.1 Å². The average Bonchev–Trinajstić information content (AvgIpc) is 2.16. The summed E-state index contributed by atoms with van der Waals surface area (Å²) in [5.74, 6) is -0.835. The summed E-state index contributed by atoms with van der Waals surface area (Å²) in [5.41, 5.74) is 2.71. The Morgan fingerprint density at radius 3 is 3.21 bits per heavy atom. The molecule has 0 saturated carbocycles. The minimum absolute atomic E-state index is 0.592. The van der Waals surface area contributed by atoms with Gasteiger partial charge in [-0.2, -0.15) is 0 Å². The number of carboxylic acid groups (broad SMARTS) is 1. The minimum atomic E-state index is -0.835. The second-order valence-electron chi connectivity index (χ2n) is 3.52. The minimum Gasteiger partial charge on any atom is -0.480 e. The van der Waals surface area contributed by atoms with Gasteiger partial charge in [-0.05, 0) is 12.5 Å². The molecule has 2 N–H and O–H groups in total. The number of carboxylic acids is 1. The van der Waals surface area contributed by atoms with E-state index in [1.54, 1.807) is 6.20 Å². The number of fused-ring (bicyclic) bond motifs is 1. The molecule has 0 aromatic carbocycles. The molecule has 1 atom stereocenters. The van der Waals surface area contributed by atoms with Crippen molar-refractivity contribution in [2.75, 3.05) is 6.54 Å². The largest absolute Gasteiger partial charge is 0.480 e. The smallest absolute Gasteiger partial charge is 0.325 e. The zero-order chi connectivity index (χ0) is 10.1. The van der Waals surface area contributed by atoms with E-state index in [1.807, 2.05) is 13.0 Å². The fourth-order valence-electron chi connectivity index (χ4n) is 1.74. The molecule has 4 nitrogen and oxygen atoms in total. The van der Waals surface area contributed by atoms with Crippen molar-refractivity contribution in [3.63, 3.8) is 0 Å². The van der Waals surface area contributed by atoms with Gasteiger partial charge in [0, 0.05) is 30.4 Å². The molecule has 1 aliphatic rings. The van der Waals surface area contributed by atoms with Gasteiger partial charge >= 0.3 is 5.97 Å². The fourth-order valence-corrected chi connectivity index (χ4v) is 1.74. The third kappa shape index (κ3) is 1.48. The van der Waals surface area contributed by atoms with E-state index >= 15 is 0 Å². The van der Waals surface area contributed by atoms with E-state index in [9.17, 15) is 4.79 Å². The molecule has 0 bridgehead atoms. The van der Waals surface area contributed by atoms with E-state index in [4.69, 9.17) is 5.11 Å². The number of rotatable bonds is 1.